The highest BCUT2D eigenvalue weighted by Crippen LogP contribution is 2.32. The Labute approximate surface area is 100.0 Å². The normalized spacial score (nSPS) is 11.9. The molecular weight excluding hydrogens is 216 g/mol. The highest BCUT2D eigenvalue weighted by Gasteiger charge is 2.20. The number of hydrogen-bond donors (Lipinski definition) is 1. The van der Waals surface area contributed by atoms with Crippen molar-refractivity contribution in [1.82, 2.24) is 0 Å². The van der Waals surface area contributed by atoms with Crippen LogP contribution in [-0.2, 0) is 12.0 Å². The molecule has 1 aromatic rings. The van der Waals surface area contributed by atoms with Crippen LogP contribution in [0.2, 0.25) is 13.1 Å². The second-order valence-electron chi connectivity index (χ2n) is 5.20. The number of aliphatic hydroxyl groups is 1. The maximum Gasteiger partial charge on any atom is 0.274 e. The number of hydrogen-bond acceptors (Lipinski definition) is 2. The third kappa shape index (κ3) is 3.09. The Balaban J connectivity index is 3.21. The molecule has 0 saturated carbocycles. The standard InChI is InChI=1S/C13H21O2Si/c1-13(2,3)11-7-6-8-12(10(11)9-14)15-16(4)5/h6-8,14H,9H2,1-5H3. The average Bonchev–Trinajstić information content (AvgIpc) is 2.15. The van der Waals surface area contributed by atoms with Crippen molar-refractivity contribution in [3.05, 3.63) is 29.3 Å². The average molecular weight is 237 g/mol. The molecule has 16 heavy (non-hydrogen) atoms. The zero-order valence-corrected chi connectivity index (χ0v) is 11.8. The van der Waals surface area contributed by atoms with Crippen LogP contribution in [0, 0.1) is 0 Å². The first-order chi connectivity index (χ1) is 7.36. The molecule has 0 bridgehead atoms. The molecule has 0 heterocycles. The SMILES string of the molecule is C[Si](C)Oc1cccc(C(C)(C)C)c1CO. The molecule has 0 saturated heterocycles. The van der Waals surface area contributed by atoms with Gasteiger partial charge in [-0.25, -0.2) is 0 Å². The van der Waals surface area contributed by atoms with E-state index in [4.69, 9.17) is 4.43 Å². The van der Waals surface area contributed by atoms with Crippen LogP contribution in [0.4, 0.5) is 0 Å². The van der Waals surface area contributed by atoms with Crippen LogP contribution < -0.4 is 4.43 Å². The van der Waals surface area contributed by atoms with Crippen molar-refractivity contribution >= 4 is 9.04 Å². The Morgan fingerprint density at radius 1 is 1.25 bits per heavy atom. The first-order valence-electron chi connectivity index (χ1n) is 5.57. The van der Waals surface area contributed by atoms with Crippen LogP contribution in [0.1, 0.15) is 31.9 Å². The Morgan fingerprint density at radius 3 is 2.31 bits per heavy atom. The quantitative estimate of drug-likeness (QED) is 0.819. The number of benzene rings is 1. The molecule has 89 valence electrons. The number of aliphatic hydroxyl groups excluding tert-OH is 1. The highest BCUT2D eigenvalue weighted by atomic mass is 28.3. The molecule has 0 atom stereocenters. The Bertz CT molecular complexity index is 353. The minimum Gasteiger partial charge on any atom is -0.542 e. The van der Waals surface area contributed by atoms with Crippen molar-refractivity contribution in [2.75, 3.05) is 0 Å². The van der Waals surface area contributed by atoms with Gasteiger partial charge in [-0.05, 0) is 30.1 Å². The van der Waals surface area contributed by atoms with Crippen molar-refractivity contribution in [2.45, 2.75) is 45.9 Å². The lowest BCUT2D eigenvalue weighted by molar-refractivity contribution is 0.275. The molecule has 0 aromatic heterocycles. The first-order valence-corrected chi connectivity index (χ1v) is 7.98. The third-order valence-corrected chi connectivity index (χ3v) is 3.04. The lowest BCUT2D eigenvalue weighted by Crippen LogP contribution is -2.18. The van der Waals surface area contributed by atoms with Gasteiger partial charge in [-0.15, -0.1) is 0 Å². The van der Waals surface area contributed by atoms with Crippen LogP contribution in [0.15, 0.2) is 18.2 Å². The van der Waals surface area contributed by atoms with E-state index in [0.29, 0.717) is 0 Å². The van der Waals surface area contributed by atoms with E-state index in [-0.39, 0.29) is 12.0 Å². The van der Waals surface area contributed by atoms with Gasteiger partial charge in [-0.1, -0.05) is 32.9 Å². The van der Waals surface area contributed by atoms with E-state index in [1.165, 1.54) is 0 Å². The molecule has 2 nitrogen and oxygen atoms in total. The van der Waals surface area contributed by atoms with Gasteiger partial charge in [0.25, 0.3) is 9.04 Å². The van der Waals surface area contributed by atoms with Gasteiger partial charge in [-0.2, -0.15) is 0 Å². The van der Waals surface area contributed by atoms with Gasteiger partial charge in [-0.3, -0.25) is 0 Å². The van der Waals surface area contributed by atoms with Crippen LogP contribution in [-0.4, -0.2) is 14.1 Å². The molecule has 0 aliphatic rings. The molecule has 3 heteroatoms. The van der Waals surface area contributed by atoms with E-state index in [9.17, 15) is 5.11 Å². The molecule has 0 unspecified atom stereocenters. The van der Waals surface area contributed by atoms with Gasteiger partial charge >= 0.3 is 0 Å². The van der Waals surface area contributed by atoms with Crippen molar-refractivity contribution in [2.24, 2.45) is 0 Å². The van der Waals surface area contributed by atoms with Crippen molar-refractivity contribution < 1.29 is 9.53 Å². The predicted molar refractivity (Wildman–Crippen MR) is 69.2 cm³/mol. The fourth-order valence-corrected chi connectivity index (χ4v) is 2.38. The van der Waals surface area contributed by atoms with Gasteiger partial charge in [0.15, 0.2) is 0 Å². The zero-order chi connectivity index (χ0) is 12.3. The van der Waals surface area contributed by atoms with Crippen LogP contribution in [0.25, 0.3) is 0 Å². The summed E-state index contributed by atoms with van der Waals surface area (Å²) >= 11 is 0. The van der Waals surface area contributed by atoms with E-state index < -0.39 is 9.04 Å². The number of rotatable bonds is 3. The summed E-state index contributed by atoms with van der Waals surface area (Å²) in [6.45, 7) is 10.7. The largest absolute Gasteiger partial charge is 0.542 e. The maximum absolute atomic E-state index is 9.51. The predicted octanol–water partition coefficient (Wildman–Crippen LogP) is 3.11. The second kappa shape index (κ2) is 5.02. The van der Waals surface area contributed by atoms with Crippen LogP contribution in [0.3, 0.4) is 0 Å². The summed E-state index contributed by atoms with van der Waals surface area (Å²) in [5.74, 6) is 0.841. The summed E-state index contributed by atoms with van der Waals surface area (Å²) in [6, 6.07) is 6.01. The molecular formula is C13H21O2Si. The summed E-state index contributed by atoms with van der Waals surface area (Å²) in [4.78, 5) is 0. The Hall–Kier alpha value is -0.803. The Morgan fingerprint density at radius 2 is 1.88 bits per heavy atom. The molecule has 1 aromatic carbocycles. The molecule has 0 spiro atoms. The monoisotopic (exact) mass is 237 g/mol. The van der Waals surface area contributed by atoms with Crippen LogP contribution in [0.5, 0.6) is 5.75 Å². The zero-order valence-electron chi connectivity index (χ0n) is 10.8. The molecule has 1 radical (unpaired) electrons. The molecule has 0 aliphatic carbocycles. The highest BCUT2D eigenvalue weighted by molar-refractivity contribution is 6.49. The maximum atomic E-state index is 9.51. The summed E-state index contributed by atoms with van der Waals surface area (Å²) in [7, 11) is -0.791. The summed E-state index contributed by atoms with van der Waals surface area (Å²) in [5.41, 5.74) is 2.13. The minimum atomic E-state index is -0.791. The second-order valence-corrected chi connectivity index (χ2v) is 7.22. The first kappa shape index (κ1) is 13.3. The lowest BCUT2D eigenvalue weighted by Gasteiger charge is -2.24. The van der Waals surface area contributed by atoms with Crippen molar-refractivity contribution in [3.63, 3.8) is 0 Å². The summed E-state index contributed by atoms with van der Waals surface area (Å²) < 4.78 is 5.81. The molecule has 0 amide bonds. The lowest BCUT2D eigenvalue weighted by atomic mass is 9.83. The smallest absolute Gasteiger partial charge is 0.274 e. The van der Waals surface area contributed by atoms with E-state index in [1.807, 2.05) is 12.1 Å². The van der Waals surface area contributed by atoms with E-state index >= 15 is 0 Å². The third-order valence-electron chi connectivity index (χ3n) is 2.41. The topological polar surface area (TPSA) is 29.5 Å². The molecule has 0 aliphatic heterocycles. The Kier molecular flexibility index (Phi) is 4.16. The van der Waals surface area contributed by atoms with Crippen molar-refractivity contribution in [3.8, 4) is 5.75 Å². The van der Waals surface area contributed by atoms with Gasteiger partial charge in [0, 0.05) is 5.56 Å². The van der Waals surface area contributed by atoms with Gasteiger partial charge in [0.1, 0.15) is 5.75 Å². The van der Waals surface area contributed by atoms with E-state index in [1.54, 1.807) is 0 Å². The van der Waals surface area contributed by atoms with Crippen molar-refractivity contribution in [1.29, 1.82) is 0 Å². The van der Waals surface area contributed by atoms with Gasteiger partial charge < -0.3 is 9.53 Å². The van der Waals surface area contributed by atoms with E-state index in [0.717, 1.165) is 16.9 Å². The molecule has 1 rings (SSSR count). The van der Waals surface area contributed by atoms with Crippen LogP contribution >= 0.6 is 0 Å². The summed E-state index contributed by atoms with van der Waals surface area (Å²) in [6.07, 6.45) is 0. The molecule has 0 fully saturated rings. The fourth-order valence-electron chi connectivity index (χ4n) is 1.75. The van der Waals surface area contributed by atoms with E-state index in [2.05, 4.69) is 39.9 Å². The minimum absolute atomic E-state index is 0.0336. The van der Waals surface area contributed by atoms with Gasteiger partial charge in [0.05, 0.1) is 6.61 Å². The fraction of sp³-hybridized carbons (Fsp3) is 0.538. The molecule has 1 N–H and O–H groups in total. The van der Waals surface area contributed by atoms with Gasteiger partial charge in [0.2, 0.25) is 0 Å². The summed E-state index contributed by atoms with van der Waals surface area (Å²) in [5, 5.41) is 9.51.